The van der Waals surface area contributed by atoms with Crippen molar-refractivity contribution < 1.29 is 4.79 Å². The Morgan fingerprint density at radius 1 is 1.50 bits per heavy atom. The zero-order chi connectivity index (χ0) is 9.60. The number of H-pyrrole nitrogens is 1. The van der Waals surface area contributed by atoms with E-state index in [0.717, 1.165) is 13.1 Å². The molecule has 3 rings (SSSR count). The van der Waals surface area contributed by atoms with Crippen molar-refractivity contribution >= 4 is 5.91 Å². The Labute approximate surface area is 82.3 Å². The first-order valence-electron chi connectivity index (χ1n) is 5.07. The van der Waals surface area contributed by atoms with Gasteiger partial charge in [-0.25, -0.2) is 0 Å². The van der Waals surface area contributed by atoms with Gasteiger partial charge in [0, 0.05) is 19.3 Å². The molecule has 0 bridgehead atoms. The molecule has 2 heterocycles. The predicted molar refractivity (Wildman–Crippen MR) is 50.8 cm³/mol. The molecular weight excluding hydrogens is 178 g/mol. The van der Waals surface area contributed by atoms with Crippen LogP contribution in [0.2, 0.25) is 0 Å². The van der Waals surface area contributed by atoms with Crippen LogP contribution in [0.5, 0.6) is 0 Å². The Morgan fingerprint density at radius 2 is 2.36 bits per heavy atom. The standard InChI is InChI=1S/C10H13N3O/c14-9(8-5-11-12-6-8)13-4-3-10(7-13)1-2-10/h5-6H,1-4,7H2,(H,11,12). The number of rotatable bonds is 1. The SMILES string of the molecule is O=C(c1cn[nH]c1)N1CCC2(CC2)C1. The van der Waals surface area contributed by atoms with E-state index in [1.165, 1.54) is 19.3 Å². The van der Waals surface area contributed by atoms with Crippen molar-refractivity contribution in [2.24, 2.45) is 5.41 Å². The summed E-state index contributed by atoms with van der Waals surface area (Å²) >= 11 is 0. The number of aromatic amines is 1. The number of hydrogen-bond donors (Lipinski definition) is 1. The number of likely N-dealkylation sites (tertiary alicyclic amines) is 1. The number of nitrogens with zero attached hydrogens (tertiary/aromatic N) is 2. The van der Waals surface area contributed by atoms with Gasteiger partial charge < -0.3 is 4.90 Å². The predicted octanol–water partition coefficient (Wildman–Crippen LogP) is 1.04. The first-order chi connectivity index (χ1) is 6.79. The zero-order valence-corrected chi connectivity index (χ0v) is 7.99. The Kier molecular flexibility index (Phi) is 1.48. The van der Waals surface area contributed by atoms with Crippen LogP contribution in [0.4, 0.5) is 0 Å². The third kappa shape index (κ3) is 1.14. The van der Waals surface area contributed by atoms with Gasteiger partial charge in [-0.3, -0.25) is 9.89 Å². The Bertz CT molecular complexity index is 353. The van der Waals surface area contributed by atoms with Gasteiger partial charge in [0.05, 0.1) is 11.8 Å². The largest absolute Gasteiger partial charge is 0.338 e. The number of carbonyl (C=O) groups is 1. The lowest BCUT2D eigenvalue weighted by Crippen LogP contribution is -2.28. The van der Waals surface area contributed by atoms with Crippen molar-refractivity contribution in [2.45, 2.75) is 19.3 Å². The summed E-state index contributed by atoms with van der Waals surface area (Å²) in [7, 11) is 0. The van der Waals surface area contributed by atoms with Crippen molar-refractivity contribution in [1.82, 2.24) is 15.1 Å². The van der Waals surface area contributed by atoms with E-state index in [0.29, 0.717) is 11.0 Å². The first kappa shape index (κ1) is 8.03. The van der Waals surface area contributed by atoms with Crippen LogP contribution in [0.15, 0.2) is 12.4 Å². The molecule has 1 aromatic heterocycles. The number of amides is 1. The molecule has 0 aromatic carbocycles. The number of nitrogens with one attached hydrogen (secondary N) is 1. The van der Waals surface area contributed by atoms with Crippen LogP contribution in [-0.2, 0) is 0 Å². The topological polar surface area (TPSA) is 49.0 Å². The van der Waals surface area contributed by atoms with Gasteiger partial charge in [0.15, 0.2) is 0 Å². The van der Waals surface area contributed by atoms with Crippen LogP contribution in [0.1, 0.15) is 29.6 Å². The van der Waals surface area contributed by atoms with Crippen LogP contribution in [-0.4, -0.2) is 34.1 Å². The maximum atomic E-state index is 11.9. The molecule has 1 aromatic rings. The molecule has 1 amide bonds. The molecule has 1 N–H and O–H groups in total. The highest BCUT2D eigenvalue weighted by molar-refractivity contribution is 5.93. The summed E-state index contributed by atoms with van der Waals surface area (Å²) in [5.41, 5.74) is 1.20. The highest BCUT2D eigenvalue weighted by Crippen LogP contribution is 2.52. The molecule has 1 spiro atoms. The van der Waals surface area contributed by atoms with E-state index in [4.69, 9.17) is 0 Å². The molecule has 1 aliphatic heterocycles. The quantitative estimate of drug-likeness (QED) is 0.721. The normalized spacial score (nSPS) is 23.0. The van der Waals surface area contributed by atoms with Gasteiger partial charge >= 0.3 is 0 Å². The summed E-state index contributed by atoms with van der Waals surface area (Å²) in [6, 6.07) is 0. The third-order valence-corrected chi connectivity index (χ3v) is 3.43. The van der Waals surface area contributed by atoms with Crippen molar-refractivity contribution in [3.05, 3.63) is 18.0 Å². The van der Waals surface area contributed by atoms with Crippen LogP contribution in [0.25, 0.3) is 0 Å². The molecule has 4 nitrogen and oxygen atoms in total. The van der Waals surface area contributed by atoms with Crippen molar-refractivity contribution in [1.29, 1.82) is 0 Å². The number of hydrogen-bond acceptors (Lipinski definition) is 2. The highest BCUT2D eigenvalue weighted by atomic mass is 16.2. The molecule has 4 heteroatoms. The second-order valence-electron chi connectivity index (χ2n) is 4.46. The molecule has 74 valence electrons. The van der Waals surface area contributed by atoms with E-state index < -0.39 is 0 Å². The van der Waals surface area contributed by atoms with Gasteiger partial charge in [-0.05, 0) is 24.7 Å². The van der Waals surface area contributed by atoms with E-state index in [2.05, 4.69) is 10.2 Å². The monoisotopic (exact) mass is 191 g/mol. The van der Waals surface area contributed by atoms with E-state index in [9.17, 15) is 4.79 Å². The summed E-state index contributed by atoms with van der Waals surface area (Å²) in [6.45, 7) is 1.88. The Morgan fingerprint density at radius 3 is 2.93 bits per heavy atom. The summed E-state index contributed by atoms with van der Waals surface area (Å²) in [5.74, 6) is 0.127. The lowest BCUT2D eigenvalue weighted by molar-refractivity contribution is 0.0785. The summed E-state index contributed by atoms with van der Waals surface area (Å²) in [4.78, 5) is 13.8. The van der Waals surface area contributed by atoms with Crippen LogP contribution >= 0.6 is 0 Å². The molecule has 0 atom stereocenters. The second kappa shape index (κ2) is 2.59. The molecule has 1 aliphatic carbocycles. The molecular formula is C10H13N3O. The van der Waals surface area contributed by atoms with E-state index in [1.54, 1.807) is 12.4 Å². The van der Waals surface area contributed by atoms with Crippen LogP contribution < -0.4 is 0 Å². The van der Waals surface area contributed by atoms with Gasteiger partial charge in [-0.2, -0.15) is 5.10 Å². The fraction of sp³-hybridized carbons (Fsp3) is 0.600. The Hall–Kier alpha value is -1.32. The van der Waals surface area contributed by atoms with Gasteiger partial charge in [0.1, 0.15) is 0 Å². The maximum Gasteiger partial charge on any atom is 0.257 e. The molecule has 1 saturated carbocycles. The average molecular weight is 191 g/mol. The van der Waals surface area contributed by atoms with Crippen molar-refractivity contribution in [2.75, 3.05) is 13.1 Å². The molecule has 0 radical (unpaired) electrons. The fourth-order valence-electron chi connectivity index (χ4n) is 2.24. The van der Waals surface area contributed by atoms with Gasteiger partial charge in [-0.15, -0.1) is 0 Å². The molecule has 2 fully saturated rings. The summed E-state index contributed by atoms with van der Waals surface area (Å²) < 4.78 is 0. The second-order valence-corrected chi connectivity index (χ2v) is 4.46. The van der Waals surface area contributed by atoms with Crippen LogP contribution in [0.3, 0.4) is 0 Å². The third-order valence-electron chi connectivity index (χ3n) is 3.43. The van der Waals surface area contributed by atoms with Crippen molar-refractivity contribution in [3.8, 4) is 0 Å². The zero-order valence-electron chi connectivity index (χ0n) is 7.99. The fourth-order valence-corrected chi connectivity index (χ4v) is 2.24. The minimum absolute atomic E-state index is 0.127. The lowest BCUT2D eigenvalue weighted by atomic mass is 10.1. The van der Waals surface area contributed by atoms with Gasteiger partial charge in [0.25, 0.3) is 5.91 Å². The molecule has 14 heavy (non-hydrogen) atoms. The highest BCUT2D eigenvalue weighted by Gasteiger charge is 2.48. The molecule has 1 saturated heterocycles. The summed E-state index contributed by atoms with van der Waals surface area (Å²) in [5, 5.41) is 6.47. The Balaban J connectivity index is 1.75. The first-order valence-corrected chi connectivity index (χ1v) is 5.07. The minimum Gasteiger partial charge on any atom is -0.338 e. The maximum absolute atomic E-state index is 11.9. The number of aromatic nitrogens is 2. The van der Waals surface area contributed by atoms with E-state index in [-0.39, 0.29) is 5.91 Å². The molecule has 0 unspecified atom stereocenters. The van der Waals surface area contributed by atoms with Gasteiger partial charge in [-0.1, -0.05) is 0 Å². The van der Waals surface area contributed by atoms with Crippen molar-refractivity contribution in [3.63, 3.8) is 0 Å². The van der Waals surface area contributed by atoms with Gasteiger partial charge in [0.2, 0.25) is 0 Å². The average Bonchev–Trinajstić information content (AvgIpc) is 2.68. The van der Waals surface area contributed by atoms with E-state index in [1.807, 2.05) is 4.90 Å². The smallest absolute Gasteiger partial charge is 0.257 e. The van der Waals surface area contributed by atoms with Crippen LogP contribution in [0, 0.1) is 5.41 Å². The summed E-state index contributed by atoms with van der Waals surface area (Å²) in [6.07, 6.45) is 7.07. The minimum atomic E-state index is 0.127. The molecule has 2 aliphatic rings. The number of carbonyl (C=O) groups excluding carboxylic acids is 1. The lowest BCUT2D eigenvalue weighted by Gasteiger charge is -2.14. The van der Waals surface area contributed by atoms with E-state index >= 15 is 0 Å².